The molecule has 1 atom stereocenters. The number of hydrogen-bond donors (Lipinski definition) is 0. The minimum atomic E-state index is 0.156. The van der Waals surface area contributed by atoms with Crippen molar-refractivity contribution in [3.63, 3.8) is 0 Å². The van der Waals surface area contributed by atoms with Gasteiger partial charge >= 0.3 is 0 Å². The third-order valence-corrected chi connectivity index (χ3v) is 4.02. The molecule has 0 amide bonds. The lowest BCUT2D eigenvalue weighted by molar-refractivity contribution is -0.116. The Morgan fingerprint density at radius 3 is 2.71 bits per heavy atom. The van der Waals surface area contributed by atoms with Gasteiger partial charge in [-0.25, -0.2) is 0 Å². The first-order valence-corrected chi connectivity index (χ1v) is 7.20. The summed E-state index contributed by atoms with van der Waals surface area (Å²) in [5, 5.41) is 0.402. The van der Waals surface area contributed by atoms with Gasteiger partial charge in [-0.2, -0.15) is 0 Å². The fourth-order valence-electron chi connectivity index (χ4n) is 1.82. The molecule has 0 radical (unpaired) electrons. The van der Waals surface area contributed by atoms with Crippen LogP contribution in [0.1, 0.15) is 24.8 Å². The molecule has 1 aliphatic rings. The quantitative estimate of drug-likeness (QED) is 0.766. The SMILES string of the molecule is CC(CC(=O)CBr)c1cc2c(cc1Br)OCO2. The Balaban J connectivity index is 2.23. The van der Waals surface area contributed by atoms with E-state index in [1.54, 1.807) is 0 Å². The molecule has 0 saturated carbocycles. The number of benzene rings is 1. The first kappa shape index (κ1) is 12.9. The van der Waals surface area contributed by atoms with Crippen LogP contribution in [-0.2, 0) is 4.79 Å². The van der Waals surface area contributed by atoms with Gasteiger partial charge in [-0.3, -0.25) is 4.79 Å². The molecule has 5 heteroatoms. The molecule has 0 bridgehead atoms. The molecule has 0 aliphatic carbocycles. The number of Topliss-reactive ketones (excluding diaryl/α,β-unsaturated/α-hetero) is 1. The number of alkyl halides is 1. The molecule has 0 N–H and O–H groups in total. The van der Waals surface area contributed by atoms with Gasteiger partial charge in [0.2, 0.25) is 6.79 Å². The van der Waals surface area contributed by atoms with Crippen LogP contribution in [0.4, 0.5) is 0 Å². The van der Waals surface area contributed by atoms with Gasteiger partial charge in [-0.05, 0) is 23.6 Å². The van der Waals surface area contributed by atoms with E-state index in [-0.39, 0.29) is 18.5 Å². The summed E-state index contributed by atoms with van der Waals surface area (Å²) in [6.45, 7) is 2.29. The third kappa shape index (κ3) is 2.83. The molecule has 1 unspecified atom stereocenters. The van der Waals surface area contributed by atoms with Crippen LogP contribution >= 0.6 is 31.9 Å². The molecule has 1 aromatic carbocycles. The third-order valence-electron chi connectivity index (χ3n) is 2.71. The van der Waals surface area contributed by atoms with Gasteiger partial charge in [0, 0.05) is 10.9 Å². The lowest BCUT2D eigenvalue weighted by Crippen LogP contribution is -2.05. The van der Waals surface area contributed by atoms with Gasteiger partial charge in [0.25, 0.3) is 0 Å². The van der Waals surface area contributed by atoms with Crippen molar-refractivity contribution in [2.75, 3.05) is 12.1 Å². The minimum Gasteiger partial charge on any atom is -0.454 e. The number of hydrogen-bond acceptors (Lipinski definition) is 3. The second-order valence-electron chi connectivity index (χ2n) is 4.00. The number of ketones is 1. The molecule has 0 saturated heterocycles. The monoisotopic (exact) mass is 362 g/mol. The molecular formula is C12H12Br2O3. The zero-order valence-electron chi connectivity index (χ0n) is 9.33. The Hall–Kier alpha value is -0.550. The van der Waals surface area contributed by atoms with Crippen LogP contribution in [0, 0.1) is 0 Å². The molecule has 92 valence electrons. The van der Waals surface area contributed by atoms with E-state index in [1.165, 1.54) is 0 Å². The summed E-state index contributed by atoms with van der Waals surface area (Å²) < 4.78 is 11.6. The summed E-state index contributed by atoms with van der Waals surface area (Å²) in [6.07, 6.45) is 0.517. The van der Waals surface area contributed by atoms with E-state index < -0.39 is 0 Å². The first-order valence-electron chi connectivity index (χ1n) is 5.28. The maximum Gasteiger partial charge on any atom is 0.231 e. The highest BCUT2D eigenvalue weighted by Gasteiger charge is 2.20. The topological polar surface area (TPSA) is 35.5 Å². The van der Waals surface area contributed by atoms with Crippen molar-refractivity contribution in [2.45, 2.75) is 19.3 Å². The van der Waals surface area contributed by atoms with Gasteiger partial charge < -0.3 is 9.47 Å². The molecule has 0 fully saturated rings. The van der Waals surface area contributed by atoms with E-state index >= 15 is 0 Å². The second-order valence-corrected chi connectivity index (χ2v) is 5.42. The summed E-state index contributed by atoms with van der Waals surface area (Å²) >= 11 is 6.68. The molecular weight excluding hydrogens is 352 g/mol. The lowest BCUT2D eigenvalue weighted by Gasteiger charge is -2.13. The summed E-state index contributed by atoms with van der Waals surface area (Å²) in [5.41, 5.74) is 1.07. The fourth-order valence-corrected chi connectivity index (χ4v) is 2.76. The largest absolute Gasteiger partial charge is 0.454 e. The zero-order valence-corrected chi connectivity index (χ0v) is 12.5. The van der Waals surface area contributed by atoms with Gasteiger partial charge in [0.15, 0.2) is 11.5 Å². The Labute approximate surface area is 117 Å². The van der Waals surface area contributed by atoms with Crippen molar-refractivity contribution in [2.24, 2.45) is 0 Å². The van der Waals surface area contributed by atoms with E-state index in [0.717, 1.165) is 21.5 Å². The highest BCUT2D eigenvalue weighted by Crippen LogP contribution is 2.40. The maximum absolute atomic E-state index is 11.4. The van der Waals surface area contributed by atoms with Crippen molar-refractivity contribution in [1.82, 2.24) is 0 Å². The number of rotatable bonds is 4. The fraction of sp³-hybridized carbons (Fsp3) is 0.417. The van der Waals surface area contributed by atoms with Crippen LogP contribution < -0.4 is 9.47 Å². The number of ether oxygens (including phenoxy) is 2. The molecule has 0 spiro atoms. The number of halogens is 2. The summed E-state index contributed by atoms with van der Waals surface area (Å²) in [4.78, 5) is 11.4. The smallest absolute Gasteiger partial charge is 0.231 e. The molecule has 1 heterocycles. The van der Waals surface area contributed by atoms with Crippen molar-refractivity contribution in [1.29, 1.82) is 0 Å². The predicted octanol–water partition coefficient (Wildman–Crippen LogP) is 3.64. The highest BCUT2D eigenvalue weighted by atomic mass is 79.9. The van der Waals surface area contributed by atoms with Crippen molar-refractivity contribution in [3.05, 3.63) is 22.2 Å². The van der Waals surface area contributed by atoms with E-state index in [9.17, 15) is 4.79 Å². The standard InChI is InChI=1S/C12H12Br2O3/c1-7(2-8(15)5-13)9-3-11-12(4-10(9)14)17-6-16-11/h3-4,7H,2,5-6H2,1H3. The van der Waals surface area contributed by atoms with Crippen LogP contribution in [0.5, 0.6) is 11.5 Å². The van der Waals surface area contributed by atoms with Crippen molar-refractivity contribution < 1.29 is 14.3 Å². The van der Waals surface area contributed by atoms with Crippen LogP contribution in [0.3, 0.4) is 0 Å². The normalized spacial score (nSPS) is 14.8. The van der Waals surface area contributed by atoms with Crippen LogP contribution in [0.2, 0.25) is 0 Å². The number of fused-ring (bicyclic) bond motifs is 1. The Morgan fingerprint density at radius 1 is 1.41 bits per heavy atom. The first-order chi connectivity index (χ1) is 8.11. The maximum atomic E-state index is 11.4. The summed E-state index contributed by atoms with van der Waals surface area (Å²) in [6, 6.07) is 3.84. The number of carbonyl (C=O) groups is 1. The average Bonchev–Trinajstić information content (AvgIpc) is 2.74. The second kappa shape index (κ2) is 5.40. The molecule has 1 aliphatic heterocycles. The van der Waals surface area contributed by atoms with Crippen LogP contribution in [0.15, 0.2) is 16.6 Å². The predicted molar refractivity (Wildman–Crippen MR) is 72.1 cm³/mol. The van der Waals surface area contributed by atoms with E-state index in [1.807, 2.05) is 19.1 Å². The zero-order chi connectivity index (χ0) is 12.4. The van der Waals surface area contributed by atoms with E-state index in [2.05, 4.69) is 31.9 Å². The molecule has 17 heavy (non-hydrogen) atoms. The van der Waals surface area contributed by atoms with Gasteiger partial charge in [0.1, 0.15) is 5.78 Å². The molecule has 3 nitrogen and oxygen atoms in total. The van der Waals surface area contributed by atoms with Crippen LogP contribution in [0.25, 0.3) is 0 Å². The van der Waals surface area contributed by atoms with Gasteiger partial charge in [-0.1, -0.05) is 38.8 Å². The van der Waals surface area contributed by atoms with Gasteiger partial charge in [0.05, 0.1) is 5.33 Å². The van der Waals surface area contributed by atoms with Gasteiger partial charge in [-0.15, -0.1) is 0 Å². The highest BCUT2D eigenvalue weighted by molar-refractivity contribution is 9.10. The molecule has 0 aromatic heterocycles. The summed E-state index contributed by atoms with van der Waals surface area (Å²) in [5.74, 6) is 1.85. The Morgan fingerprint density at radius 2 is 2.06 bits per heavy atom. The lowest BCUT2D eigenvalue weighted by atomic mass is 9.96. The average molecular weight is 364 g/mol. The van der Waals surface area contributed by atoms with E-state index in [4.69, 9.17) is 9.47 Å². The van der Waals surface area contributed by atoms with E-state index in [0.29, 0.717) is 11.8 Å². The van der Waals surface area contributed by atoms with Crippen molar-refractivity contribution >= 4 is 37.6 Å². The van der Waals surface area contributed by atoms with Crippen molar-refractivity contribution in [3.8, 4) is 11.5 Å². The molecule has 1 aromatic rings. The Bertz CT molecular complexity index is 446. The van der Waals surface area contributed by atoms with Crippen LogP contribution in [-0.4, -0.2) is 17.9 Å². The summed E-state index contributed by atoms with van der Waals surface area (Å²) in [7, 11) is 0. The number of carbonyl (C=O) groups excluding carboxylic acids is 1. The minimum absolute atomic E-state index is 0.156. The Kier molecular flexibility index (Phi) is 4.09. The molecule has 2 rings (SSSR count).